The fourth-order valence-corrected chi connectivity index (χ4v) is 6.48. The molecule has 178 valence electrons. The smallest absolute Gasteiger partial charge is 0.349 e. The maximum absolute atomic E-state index is 13.9. The molecule has 0 saturated carbocycles. The Bertz CT molecular complexity index is 1320. The second-order valence-corrected chi connectivity index (χ2v) is 11.3. The van der Waals surface area contributed by atoms with Crippen molar-refractivity contribution in [2.24, 2.45) is 0 Å². The van der Waals surface area contributed by atoms with Crippen LogP contribution in [0.25, 0.3) is 0 Å². The maximum atomic E-state index is 13.9. The van der Waals surface area contributed by atoms with Gasteiger partial charge in [0.2, 0.25) is 5.82 Å². The molecule has 0 saturated heterocycles. The number of carboxylic acid groups (broad SMARTS) is 1. The number of carboxylic acids is 1. The number of benzene rings is 2. The second-order valence-electron chi connectivity index (χ2n) is 5.63. The number of carbonyl (C=O) groups excluding carboxylic acids is 2. The predicted molar refractivity (Wildman–Crippen MR) is 134 cm³/mol. The molecule has 0 aromatic heterocycles. The van der Waals surface area contributed by atoms with E-state index >= 15 is 0 Å². The first-order valence-electron chi connectivity index (χ1n) is 7.69. The van der Waals surface area contributed by atoms with Crippen LogP contribution in [0.1, 0.15) is 20.7 Å². The number of ether oxygens (including phenoxy) is 2. The molecule has 1 N–H and O–H groups in total. The fourth-order valence-electron chi connectivity index (χ4n) is 2.23. The SMILES string of the molecule is O=C(COC(=O)c1c(I)c(I)c(I)c(I)c1C(=O)O)Oc1cc(F)c(S(=O)(=O)[O-])c(F)c1F. The van der Waals surface area contributed by atoms with Gasteiger partial charge in [-0.25, -0.2) is 31.6 Å². The molecule has 17 heteroatoms. The van der Waals surface area contributed by atoms with Gasteiger partial charge < -0.3 is 19.1 Å². The van der Waals surface area contributed by atoms with Crippen molar-refractivity contribution in [1.29, 1.82) is 0 Å². The van der Waals surface area contributed by atoms with E-state index in [0.29, 0.717) is 7.14 Å². The van der Waals surface area contributed by atoms with Gasteiger partial charge in [0.15, 0.2) is 18.2 Å². The highest BCUT2D eigenvalue weighted by molar-refractivity contribution is 14.1. The van der Waals surface area contributed by atoms with E-state index in [1.165, 1.54) is 0 Å². The van der Waals surface area contributed by atoms with Gasteiger partial charge in [0, 0.05) is 20.3 Å². The topological polar surface area (TPSA) is 147 Å². The molecule has 2 rings (SSSR count). The molecule has 0 spiro atoms. The van der Waals surface area contributed by atoms with Gasteiger partial charge in [-0.05, 0) is 90.4 Å². The lowest BCUT2D eigenvalue weighted by molar-refractivity contribution is -0.138. The molecule has 0 aliphatic heterocycles. The van der Waals surface area contributed by atoms with Gasteiger partial charge in [-0.3, -0.25) is 0 Å². The molecule has 0 unspecified atom stereocenters. The minimum atomic E-state index is -5.71. The Kier molecular flexibility index (Phi) is 9.59. The van der Waals surface area contributed by atoms with E-state index in [0.717, 1.165) is 0 Å². The first-order valence-corrected chi connectivity index (χ1v) is 13.4. The third-order valence-corrected chi connectivity index (χ3v) is 11.8. The second kappa shape index (κ2) is 11.0. The van der Waals surface area contributed by atoms with Gasteiger partial charge in [0.05, 0.1) is 11.1 Å². The van der Waals surface area contributed by atoms with E-state index in [1.54, 1.807) is 45.2 Å². The minimum absolute atomic E-state index is 0.0434. The Morgan fingerprint density at radius 1 is 0.939 bits per heavy atom. The van der Waals surface area contributed by atoms with Crippen molar-refractivity contribution in [2.45, 2.75) is 4.90 Å². The van der Waals surface area contributed by atoms with Crippen LogP contribution in [-0.2, 0) is 19.6 Å². The van der Waals surface area contributed by atoms with E-state index in [1.807, 2.05) is 45.2 Å². The number of carbonyl (C=O) groups is 3. The summed E-state index contributed by atoms with van der Waals surface area (Å²) in [5, 5.41) is 9.48. The molecule has 0 aliphatic carbocycles. The third-order valence-electron chi connectivity index (χ3n) is 3.56. The first kappa shape index (κ1) is 28.7. The molecule has 9 nitrogen and oxygen atoms in total. The number of hydrogen-bond donors (Lipinski definition) is 1. The van der Waals surface area contributed by atoms with Crippen molar-refractivity contribution in [2.75, 3.05) is 6.61 Å². The van der Waals surface area contributed by atoms with Gasteiger partial charge in [-0.2, -0.15) is 4.39 Å². The van der Waals surface area contributed by atoms with E-state index in [9.17, 15) is 45.6 Å². The summed E-state index contributed by atoms with van der Waals surface area (Å²) in [5.41, 5.74) is -0.744. The van der Waals surface area contributed by atoms with E-state index in [4.69, 9.17) is 4.74 Å². The summed E-state index contributed by atoms with van der Waals surface area (Å²) in [6.07, 6.45) is 0. The van der Waals surface area contributed by atoms with Crippen LogP contribution in [0.3, 0.4) is 0 Å². The van der Waals surface area contributed by atoms with Crippen molar-refractivity contribution in [3.63, 3.8) is 0 Å². The van der Waals surface area contributed by atoms with Crippen molar-refractivity contribution in [3.8, 4) is 5.75 Å². The van der Waals surface area contributed by atoms with Gasteiger partial charge in [0.1, 0.15) is 20.8 Å². The quantitative estimate of drug-likeness (QED) is 0.114. The summed E-state index contributed by atoms with van der Waals surface area (Å²) in [6, 6.07) is -0.0434. The van der Waals surface area contributed by atoms with Gasteiger partial charge in [-0.15, -0.1) is 0 Å². The molecule has 0 radical (unpaired) electrons. The lowest BCUT2D eigenvalue weighted by atomic mass is 10.1. The van der Waals surface area contributed by atoms with E-state index in [-0.39, 0.29) is 24.3 Å². The molecule has 0 aliphatic rings. The Balaban J connectivity index is 2.29. The Labute approximate surface area is 237 Å². The zero-order valence-corrected chi connectivity index (χ0v) is 24.5. The van der Waals surface area contributed by atoms with Crippen molar-refractivity contribution < 1.29 is 55.1 Å². The summed E-state index contributed by atoms with van der Waals surface area (Å²) in [5.74, 6) is -12.2. The molecular weight excluding hydrogens is 933 g/mol. The van der Waals surface area contributed by atoms with Crippen LogP contribution in [0.5, 0.6) is 5.75 Å². The van der Waals surface area contributed by atoms with Crippen LogP contribution in [-0.4, -0.2) is 42.6 Å². The molecule has 2 aromatic rings. The number of aromatic carboxylic acids is 1. The molecule has 2 aromatic carbocycles. The number of esters is 2. The zero-order chi connectivity index (χ0) is 25.4. The molecule has 0 fully saturated rings. The predicted octanol–water partition coefficient (Wildman–Crippen LogP) is 3.89. The maximum Gasteiger partial charge on any atom is 0.349 e. The minimum Gasteiger partial charge on any atom is -0.744 e. The van der Waals surface area contributed by atoms with Crippen LogP contribution >= 0.6 is 90.4 Å². The summed E-state index contributed by atoms with van der Waals surface area (Å²) in [7, 11) is -5.71. The summed E-state index contributed by atoms with van der Waals surface area (Å²) in [4.78, 5) is 33.9. The number of rotatable bonds is 6. The van der Waals surface area contributed by atoms with Crippen LogP contribution in [0, 0.1) is 31.7 Å². The third kappa shape index (κ3) is 6.19. The molecular formula is C16H4F3I4O9S-. The summed E-state index contributed by atoms with van der Waals surface area (Å²) < 4.78 is 84.5. The Morgan fingerprint density at radius 2 is 1.45 bits per heavy atom. The fraction of sp³-hybridized carbons (Fsp3) is 0.0625. The average molecular weight is 937 g/mol. The zero-order valence-electron chi connectivity index (χ0n) is 15.1. The highest BCUT2D eigenvalue weighted by Crippen LogP contribution is 2.33. The summed E-state index contributed by atoms with van der Waals surface area (Å²) in [6.45, 7) is -1.22. The lowest BCUT2D eigenvalue weighted by Crippen LogP contribution is -2.23. The van der Waals surface area contributed by atoms with E-state index in [2.05, 4.69) is 4.74 Å². The van der Waals surface area contributed by atoms with Crippen molar-refractivity contribution in [1.82, 2.24) is 0 Å². The highest BCUT2D eigenvalue weighted by Gasteiger charge is 2.30. The summed E-state index contributed by atoms with van der Waals surface area (Å²) >= 11 is 7.21. The molecule has 0 bridgehead atoms. The molecule has 33 heavy (non-hydrogen) atoms. The normalized spacial score (nSPS) is 11.3. The average Bonchev–Trinajstić information content (AvgIpc) is 2.69. The van der Waals surface area contributed by atoms with E-state index < -0.39 is 62.7 Å². The van der Waals surface area contributed by atoms with Crippen LogP contribution in [0.2, 0.25) is 0 Å². The molecule has 0 atom stereocenters. The van der Waals surface area contributed by atoms with Crippen molar-refractivity contribution in [3.05, 3.63) is 48.9 Å². The Morgan fingerprint density at radius 3 is 1.94 bits per heavy atom. The largest absolute Gasteiger partial charge is 0.744 e. The number of halogens is 7. The van der Waals surface area contributed by atoms with Gasteiger partial charge in [-0.1, -0.05) is 0 Å². The monoisotopic (exact) mass is 937 g/mol. The van der Waals surface area contributed by atoms with Crippen LogP contribution in [0.15, 0.2) is 11.0 Å². The van der Waals surface area contributed by atoms with Crippen LogP contribution < -0.4 is 4.74 Å². The van der Waals surface area contributed by atoms with Crippen molar-refractivity contribution >= 4 is 118 Å². The van der Waals surface area contributed by atoms with Gasteiger partial charge in [0.25, 0.3) is 0 Å². The highest BCUT2D eigenvalue weighted by atomic mass is 127. The lowest BCUT2D eigenvalue weighted by Gasteiger charge is -2.14. The Hall–Kier alpha value is -0.530. The van der Waals surface area contributed by atoms with Gasteiger partial charge >= 0.3 is 17.9 Å². The number of hydrogen-bond acceptors (Lipinski definition) is 8. The molecule has 0 heterocycles. The van der Waals surface area contributed by atoms with Crippen LogP contribution in [0.4, 0.5) is 13.2 Å². The first-order chi connectivity index (χ1) is 15.1. The standard InChI is InChI=1S/C16H5F3I4O9S/c17-3-1-4(8(18)9(19)14(3)33(28,29)30)32-5(24)2-31-16(27)7-6(15(25)26)10(20)12(22)13(23)11(7)21/h1H,2H2,(H,25,26)(H,28,29,30)/p-1. The molecule has 0 amide bonds.